The molecule has 0 aliphatic rings. The number of imidazole rings is 1. The zero-order chi connectivity index (χ0) is 23.9. The van der Waals surface area contributed by atoms with E-state index in [-0.39, 0.29) is 29.2 Å². The molecule has 2 heterocycles. The van der Waals surface area contributed by atoms with Crippen molar-refractivity contribution in [1.29, 1.82) is 0 Å². The lowest BCUT2D eigenvalue weighted by Crippen LogP contribution is -2.28. The highest BCUT2D eigenvalue weighted by Crippen LogP contribution is 2.32. The Kier molecular flexibility index (Phi) is 5.80. The predicted octanol–water partition coefficient (Wildman–Crippen LogP) is 4.44. The van der Waals surface area contributed by atoms with Crippen LogP contribution in [0.5, 0.6) is 5.75 Å². The van der Waals surface area contributed by atoms with Crippen molar-refractivity contribution in [1.82, 2.24) is 14.5 Å². The Balaban J connectivity index is 2.16. The van der Waals surface area contributed by atoms with E-state index in [4.69, 9.17) is 0 Å². The Morgan fingerprint density at radius 2 is 1.78 bits per heavy atom. The van der Waals surface area contributed by atoms with Gasteiger partial charge >= 0.3 is 12.5 Å². The molecule has 0 unspecified atom stereocenters. The first-order chi connectivity index (χ1) is 14.6. The van der Waals surface area contributed by atoms with Gasteiger partial charge in [0.1, 0.15) is 17.0 Å². The Labute approximate surface area is 176 Å². The number of benzene rings is 1. The molecule has 13 heteroatoms. The van der Waals surface area contributed by atoms with Gasteiger partial charge in [0.05, 0.1) is 17.7 Å². The van der Waals surface area contributed by atoms with Crippen LogP contribution in [-0.2, 0) is 11.0 Å². The number of carbonyl (C=O) groups is 1. The third-order valence-electron chi connectivity index (χ3n) is 3.95. The van der Waals surface area contributed by atoms with E-state index in [0.717, 1.165) is 22.8 Å². The number of fused-ring (bicyclic) bond motifs is 1. The van der Waals surface area contributed by atoms with E-state index in [9.17, 15) is 36.2 Å². The number of aromatic nitrogens is 3. The van der Waals surface area contributed by atoms with Gasteiger partial charge in [-0.1, -0.05) is 6.07 Å². The highest BCUT2D eigenvalue weighted by atomic mass is 19.4. The van der Waals surface area contributed by atoms with Gasteiger partial charge in [0.2, 0.25) is 11.9 Å². The predicted molar refractivity (Wildman–Crippen MR) is 100 cm³/mol. The van der Waals surface area contributed by atoms with E-state index in [1.807, 2.05) is 0 Å². The van der Waals surface area contributed by atoms with Crippen LogP contribution >= 0.6 is 0 Å². The Hall–Kier alpha value is -3.35. The number of hydrogen-bond acceptors (Lipinski definition) is 5. The molecule has 3 rings (SSSR count). The quantitative estimate of drug-likeness (QED) is 0.548. The fourth-order valence-corrected chi connectivity index (χ4v) is 2.83. The summed E-state index contributed by atoms with van der Waals surface area (Å²) in [5, 5.41) is 12.2. The van der Waals surface area contributed by atoms with Gasteiger partial charge in [0.25, 0.3) is 0 Å². The number of alkyl halides is 6. The average Bonchev–Trinajstić information content (AvgIpc) is 2.94. The highest BCUT2D eigenvalue weighted by molar-refractivity contribution is 5.92. The minimum absolute atomic E-state index is 0.0568. The van der Waals surface area contributed by atoms with Crippen LogP contribution in [0.2, 0.25) is 0 Å². The summed E-state index contributed by atoms with van der Waals surface area (Å²) in [7, 11) is 0. The van der Waals surface area contributed by atoms with Gasteiger partial charge in [-0.15, -0.1) is 13.2 Å². The molecule has 0 aliphatic heterocycles. The lowest BCUT2D eigenvalue weighted by Gasteiger charge is -2.17. The number of rotatable bonds is 5. The lowest BCUT2D eigenvalue weighted by atomic mass is 10.1. The topological polar surface area (TPSA) is 89.3 Å². The zero-order valence-electron chi connectivity index (χ0n) is 16.5. The van der Waals surface area contributed by atoms with Crippen molar-refractivity contribution < 1.29 is 41.0 Å². The normalized spacial score (nSPS) is 12.8. The molecule has 0 fully saturated rings. The van der Waals surface area contributed by atoms with E-state index in [2.05, 4.69) is 20.0 Å². The molecule has 7 nitrogen and oxygen atoms in total. The summed E-state index contributed by atoms with van der Waals surface area (Å²) in [4.78, 5) is 19.9. The van der Waals surface area contributed by atoms with Crippen LogP contribution in [0.15, 0.2) is 36.4 Å². The number of nitrogens with one attached hydrogen (secondary N) is 1. The number of anilines is 1. The summed E-state index contributed by atoms with van der Waals surface area (Å²) >= 11 is 0. The van der Waals surface area contributed by atoms with Crippen LogP contribution in [0.3, 0.4) is 0 Å². The molecular formula is C19H16F6N4O3. The van der Waals surface area contributed by atoms with Crippen molar-refractivity contribution in [2.45, 2.75) is 38.4 Å². The largest absolute Gasteiger partial charge is 0.573 e. The maximum absolute atomic E-state index is 13.2. The minimum Gasteiger partial charge on any atom is -0.406 e. The zero-order valence-corrected chi connectivity index (χ0v) is 16.5. The van der Waals surface area contributed by atoms with Gasteiger partial charge in [-0.3, -0.25) is 14.7 Å². The summed E-state index contributed by atoms with van der Waals surface area (Å²) in [5.74, 6) is -1.67. The second-order valence-corrected chi connectivity index (χ2v) is 7.39. The van der Waals surface area contributed by atoms with Crippen LogP contribution in [0, 0.1) is 0 Å². The molecule has 172 valence electrons. The summed E-state index contributed by atoms with van der Waals surface area (Å²) in [6.45, 7) is 2.73. The number of hydrogen-bond donors (Lipinski definition) is 2. The van der Waals surface area contributed by atoms with Crippen molar-refractivity contribution >= 4 is 23.0 Å². The molecule has 0 aliphatic carbocycles. The SMILES string of the molecule is CC(C)(O)CC(=O)Nc1nc2ccc(C(F)(F)F)nc2n1-c1cccc(OC(F)(F)F)c1. The molecule has 0 bridgehead atoms. The standard InChI is InChI=1S/C19H16F6N4O3/c1-17(2,31)9-14(30)28-16-26-12-6-7-13(18(20,21)22)27-15(12)29(16)10-4-3-5-11(8-10)32-19(23,24)25/h3-8,31H,9H2,1-2H3,(H,26,28,30). The number of amides is 1. The number of aliphatic hydroxyl groups is 1. The monoisotopic (exact) mass is 462 g/mol. The maximum atomic E-state index is 13.2. The highest BCUT2D eigenvalue weighted by Gasteiger charge is 2.34. The molecule has 2 N–H and O–H groups in total. The van der Waals surface area contributed by atoms with Crippen molar-refractivity contribution in [3.8, 4) is 11.4 Å². The first-order valence-corrected chi connectivity index (χ1v) is 8.97. The van der Waals surface area contributed by atoms with Crippen LogP contribution < -0.4 is 10.1 Å². The van der Waals surface area contributed by atoms with Gasteiger partial charge in [0.15, 0.2) is 5.65 Å². The smallest absolute Gasteiger partial charge is 0.406 e. The van der Waals surface area contributed by atoms with E-state index in [1.165, 1.54) is 26.0 Å². The van der Waals surface area contributed by atoms with E-state index >= 15 is 0 Å². The van der Waals surface area contributed by atoms with Gasteiger partial charge in [-0.25, -0.2) is 9.97 Å². The fraction of sp³-hybridized carbons (Fsp3) is 0.316. The molecule has 2 aromatic heterocycles. The first-order valence-electron chi connectivity index (χ1n) is 8.97. The molecular weight excluding hydrogens is 446 g/mol. The van der Waals surface area contributed by atoms with E-state index in [1.54, 1.807) is 0 Å². The van der Waals surface area contributed by atoms with Crippen molar-refractivity contribution in [3.63, 3.8) is 0 Å². The van der Waals surface area contributed by atoms with Crippen LogP contribution in [0.25, 0.3) is 16.9 Å². The second-order valence-electron chi connectivity index (χ2n) is 7.39. The third kappa shape index (κ3) is 5.66. The van der Waals surface area contributed by atoms with Crippen LogP contribution in [0.1, 0.15) is 26.0 Å². The van der Waals surface area contributed by atoms with E-state index in [0.29, 0.717) is 6.07 Å². The summed E-state index contributed by atoms with van der Waals surface area (Å²) in [5.41, 5.74) is -3.17. The summed E-state index contributed by atoms with van der Waals surface area (Å²) in [6, 6.07) is 6.06. The second kappa shape index (κ2) is 7.97. The molecule has 32 heavy (non-hydrogen) atoms. The van der Waals surface area contributed by atoms with Crippen molar-refractivity contribution in [2.24, 2.45) is 0 Å². The number of carbonyl (C=O) groups excluding carboxylic acids is 1. The number of ether oxygens (including phenoxy) is 1. The molecule has 0 saturated heterocycles. The maximum Gasteiger partial charge on any atom is 0.573 e. The third-order valence-corrected chi connectivity index (χ3v) is 3.95. The van der Waals surface area contributed by atoms with Crippen molar-refractivity contribution in [3.05, 3.63) is 42.1 Å². The Bertz CT molecular complexity index is 1150. The molecule has 3 aromatic rings. The molecule has 1 amide bonds. The van der Waals surface area contributed by atoms with Gasteiger partial charge in [-0.05, 0) is 38.1 Å². The van der Waals surface area contributed by atoms with Gasteiger partial charge in [-0.2, -0.15) is 13.2 Å². The van der Waals surface area contributed by atoms with E-state index < -0.39 is 35.5 Å². The lowest BCUT2D eigenvalue weighted by molar-refractivity contribution is -0.274. The average molecular weight is 462 g/mol. The van der Waals surface area contributed by atoms with Gasteiger partial charge in [0, 0.05) is 6.07 Å². The van der Waals surface area contributed by atoms with Crippen LogP contribution in [-0.4, -0.2) is 37.5 Å². The minimum atomic E-state index is -5.00. The van der Waals surface area contributed by atoms with Crippen LogP contribution in [0.4, 0.5) is 32.3 Å². The number of pyridine rings is 1. The Morgan fingerprint density at radius 1 is 1.09 bits per heavy atom. The summed E-state index contributed by atoms with van der Waals surface area (Å²) in [6.07, 6.45) is -10.2. The fourth-order valence-electron chi connectivity index (χ4n) is 2.83. The number of nitrogens with zero attached hydrogens (tertiary/aromatic N) is 3. The molecule has 0 saturated carbocycles. The number of halogens is 6. The molecule has 0 atom stereocenters. The molecule has 1 aromatic carbocycles. The summed E-state index contributed by atoms with van der Waals surface area (Å²) < 4.78 is 82.1. The van der Waals surface area contributed by atoms with Crippen molar-refractivity contribution in [2.75, 3.05) is 5.32 Å². The Morgan fingerprint density at radius 3 is 2.38 bits per heavy atom. The molecule has 0 spiro atoms. The first kappa shape index (κ1) is 23.3. The van der Waals surface area contributed by atoms with Gasteiger partial charge < -0.3 is 9.84 Å². The molecule has 0 radical (unpaired) electrons.